The fourth-order valence-corrected chi connectivity index (χ4v) is 3.24. The van der Waals surface area contributed by atoms with Gasteiger partial charge in [-0.25, -0.2) is 9.97 Å². The van der Waals surface area contributed by atoms with Crippen molar-refractivity contribution >= 4 is 40.3 Å². The zero-order valence-electron chi connectivity index (χ0n) is 13.1. The van der Waals surface area contributed by atoms with Gasteiger partial charge in [0, 0.05) is 10.9 Å². The standard InChI is InChI=1S/C17H12ClN5OS/c1-10-20-14(9-25-10)17(24)21-16-8-19-15-7-6-13(22-23(15)16)11-4-2-3-5-12(11)18/h2-9H,1H3,(H,21,24). The number of halogens is 1. The predicted octanol–water partition coefficient (Wildman–Crippen LogP) is 4.07. The minimum atomic E-state index is -0.295. The SMILES string of the molecule is Cc1nc(C(=O)Nc2cnc3ccc(-c4ccccc4Cl)nn23)cs1. The van der Waals surface area contributed by atoms with Crippen molar-refractivity contribution in [3.05, 3.63) is 63.7 Å². The molecule has 1 aromatic carbocycles. The minimum Gasteiger partial charge on any atom is -0.304 e. The average Bonchev–Trinajstić information content (AvgIpc) is 3.22. The Hall–Kier alpha value is -2.77. The fourth-order valence-electron chi connectivity index (χ4n) is 2.42. The molecule has 4 aromatic rings. The molecule has 1 N–H and O–H groups in total. The maximum atomic E-state index is 12.3. The zero-order valence-corrected chi connectivity index (χ0v) is 14.7. The lowest BCUT2D eigenvalue weighted by Gasteiger charge is -2.06. The molecule has 0 unspecified atom stereocenters. The molecule has 4 rings (SSSR count). The number of fused-ring (bicyclic) bond motifs is 1. The predicted molar refractivity (Wildman–Crippen MR) is 98.2 cm³/mol. The van der Waals surface area contributed by atoms with Crippen LogP contribution in [0, 0.1) is 6.92 Å². The van der Waals surface area contributed by atoms with Gasteiger partial charge in [-0.15, -0.1) is 11.3 Å². The van der Waals surface area contributed by atoms with Gasteiger partial charge in [-0.05, 0) is 25.1 Å². The van der Waals surface area contributed by atoms with Crippen molar-refractivity contribution in [3.63, 3.8) is 0 Å². The number of carbonyl (C=O) groups is 1. The molecule has 1 amide bonds. The van der Waals surface area contributed by atoms with Crippen molar-refractivity contribution in [2.24, 2.45) is 0 Å². The maximum Gasteiger partial charge on any atom is 0.276 e. The van der Waals surface area contributed by atoms with Gasteiger partial charge in [0.15, 0.2) is 11.5 Å². The number of aromatic nitrogens is 4. The summed E-state index contributed by atoms with van der Waals surface area (Å²) in [5.74, 6) is 0.177. The number of carbonyl (C=O) groups excluding carboxylic acids is 1. The lowest BCUT2D eigenvalue weighted by Crippen LogP contribution is -2.14. The summed E-state index contributed by atoms with van der Waals surface area (Å²) >= 11 is 7.67. The Kier molecular flexibility index (Phi) is 3.95. The van der Waals surface area contributed by atoms with E-state index in [2.05, 4.69) is 20.4 Å². The second-order valence-corrected chi connectivity index (χ2v) is 6.79. The molecular weight excluding hydrogens is 358 g/mol. The largest absolute Gasteiger partial charge is 0.304 e. The summed E-state index contributed by atoms with van der Waals surface area (Å²) in [4.78, 5) is 20.8. The van der Waals surface area contributed by atoms with E-state index >= 15 is 0 Å². The minimum absolute atomic E-state index is 0.295. The van der Waals surface area contributed by atoms with E-state index in [1.54, 1.807) is 16.1 Å². The smallest absolute Gasteiger partial charge is 0.276 e. The summed E-state index contributed by atoms with van der Waals surface area (Å²) in [6.45, 7) is 1.85. The second kappa shape index (κ2) is 6.27. The first-order chi connectivity index (χ1) is 12.1. The first-order valence-electron chi connectivity index (χ1n) is 7.45. The molecule has 3 heterocycles. The molecule has 0 radical (unpaired) electrons. The number of hydrogen-bond donors (Lipinski definition) is 1. The van der Waals surface area contributed by atoms with Gasteiger partial charge in [0.2, 0.25) is 0 Å². The summed E-state index contributed by atoms with van der Waals surface area (Å²) in [5.41, 5.74) is 2.50. The number of nitrogens with zero attached hydrogens (tertiary/aromatic N) is 4. The summed E-state index contributed by atoms with van der Waals surface area (Å²) in [6.07, 6.45) is 1.57. The highest BCUT2D eigenvalue weighted by atomic mass is 35.5. The monoisotopic (exact) mass is 369 g/mol. The average molecular weight is 370 g/mol. The van der Waals surface area contributed by atoms with Gasteiger partial charge < -0.3 is 5.32 Å². The third-order valence-corrected chi connectivity index (χ3v) is 4.71. The van der Waals surface area contributed by atoms with Gasteiger partial charge in [-0.3, -0.25) is 4.79 Å². The van der Waals surface area contributed by atoms with Crippen LogP contribution in [0.3, 0.4) is 0 Å². The van der Waals surface area contributed by atoms with E-state index in [4.69, 9.17) is 11.6 Å². The molecule has 0 saturated heterocycles. The number of imidazole rings is 1. The lowest BCUT2D eigenvalue weighted by atomic mass is 10.1. The van der Waals surface area contributed by atoms with Crippen LogP contribution in [-0.2, 0) is 0 Å². The Labute approximate surface area is 152 Å². The molecular formula is C17H12ClN5OS. The third kappa shape index (κ3) is 2.99. The van der Waals surface area contributed by atoms with Crippen molar-refractivity contribution in [2.45, 2.75) is 6.92 Å². The zero-order chi connectivity index (χ0) is 17.4. The number of aryl methyl sites for hydroxylation is 1. The van der Waals surface area contributed by atoms with Gasteiger partial charge in [-0.1, -0.05) is 29.8 Å². The number of nitrogens with one attached hydrogen (secondary N) is 1. The van der Waals surface area contributed by atoms with Gasteiger partial charge >= 0.3 is 0 Å². The Morgan fingerprint density at radius 1 is 1.24 bits per heavy atom. The van der Waals surface area contributed by atoms with E-state index in [-0.39, 0.29) is 5.91 Å². The molecule has 0 fully saturated rings. The normalized spacial score (nSPS) is 11.0. The van der Waals surface area contributed by atoms with Crippen molar-refractivity contribution in [1.82, 2.24) is 19.6 Å². The van der Waals surface area contributed by atoms with Crippen molar-refractivity contribution < 1.29 is 4.79 Å². The maximum absolute atomic E-state index is 12.3. The fraction of sp³-hybridized carbons (Fsp3) is 0.0588. The van der Waals surface area contributed by atoms with Gasteiger partial charge in [0.1, 0.15) is 5.69 Å². The van der Waals surface area contributed by atoms with Crippen molar-refractivity contribution in [1.29, 1.82) is 0 Å². The van der Waals surface area contributed by atoms with E-state index in [9.17, 15) is 4.79 Å². The molecule has 25 heavy (non-hydrogen) atoms. The number of thiazole rings is 1. The lowest BCUT2D eigenvalue weighted by molar-refractivity contribution is 0.102. The van der Waals surface area contributed by atoms with Crippen LogP contribution in [0.25, 0.3) is 16.9 Å². The van der Waals surface area contributed by atoms with Crippen LogP contribution in [0.4, 0.5) is 5.82 Å². The first kappa shape index (κ1) is 15.7. The molecule has 0 spiro atoms. The molecule has 0 saturated carbocycles. The van der Waals surface area contributed by atoms with Gasteiger partial charge in [-0.2, -0.15) is 9.61 Å². The number of benzene rings is 1. The van der Waals surface area contributed by atoms with E-state index in [0.29, 0.717) is 27.9 Å². The summed E-state index contributed by atoms with van der Waals surface area (Å²) in [6, 6.07) is 11.1. The summed E-state index contributed by atoms with van der Waals surface area (Å²) < 4.78 is 1.58. The highest BCUT2D eigenvalue weighted by Gasteiger charge is 2.14. The molecule has 3 aromatic heterocycles. The highest BCUT2D eigenvalue weighted by Crippen LogP contribution is 2.26. The van der Waals surface area contributed by atoms with Crippen LogP contribution in [0.15, 0.2) is 48.0 Å². The number of amides is 1. The molecule has 0 atom stereocenters. The van der Waals surface area contributed by atoms with E-state index in [0.717, 1.165) is 10.6 Å². The van der Waals surface area contributed by atoms with Crippen molar-refractivity contribution in [3.8, 4) is 11.3 Å². The van der Waals surface area contributed by atoms with Crippen LogP contribution in [0.1, 0.15) is 15.5 Å². The second-order valence-electron chi connectivity index (χ2n) is 5.32. The van der Waals surface area contributed by atoms with Gasteiger partial charge in [0.25, 0.3) is 5.91 Å². The number of hydrogen-bond acceptors (Lipinski definition) is 5. The summed E-state index contributed by atoms with van der Waals surface area (Å²) in [5, 5.41) is 10.5. The van der Waals surface area contributed by atoms with Crippen LogP contribution >= 0.6 is 22.9 Å². The Bertz CT molecular complexity index is 1090. The van der Waals surface area contributed by atoms with E-state index in [1.165, 1.54) is 11.3 Å². The molecule has 0 aliphatic heterocycles. The Balaban J connectivity index is 1.72. The Morgan fingerprint density at radius 3 is 2.84 bits per heavy atom. The van der Waals surface area contributed by atoms with Gasteiger partial charge in [0.05, 0.1) is 21.9 Å². The number of rotatable bonds is 3. The van der Waals surface area contributed by atoms with Crippen LogP contribution in [0.5, 0.6) is 0 Å². The number of anilines is 1. The van der Waals surface area contributed by atoms with Crippen molar-refractivity contribution in [2.75, 3.05) is 5.32 Å². The van der Waals surface area contributed by atoms with Crippen LogP contribution < -0.4 is 5.32 Å². The summed E-state index contributed by atoms with van der Waals surface area (Å²) in [7, 11) is 0. The van der Waals surface area contributed by atoms with Crippen LogP contribution in [-0.4, -0.2) is 25.5 Å². The quantitative estimate of drug-likeness (QED) is 0.591. The molecule has 0 aliphatic rings. The molecule has 6 nitrogen and oxygen atoms in total. The molecule has 124 valence electrons. The third-order valence-electron chi connectivity index (χ3n) is 3.61. The van der Waals surface area contributed by atoms with Crippen LogP contribution in [0.2, 0.25) is 5.02 Å². The molecule has 8 heteroatoms. The highest BCUT2D eigenvalue weighted by molar-refractivity contribution is 7.09. The topological polar surface area (TPSA) is 72.2 Å². The Morgan fingerprint density at radius 2 is 2.08 bits per heavy atom. The molecule has 0 bridgehead atoms. The van der Waals surface area contributed by atoms with E-state index < -0.39 is 0 Å². The first-order valence-corrected chi connectivity index (χ1v) is 8.71. The molecule has 0 aliphatic carbocycles. The van der Waals surface area contributed by atoms with E-state index in [1.807, 2.05) is 43.3 Å².